The average molecular weight is 721 g/mol. The number of ether oxygens (including phenoxy) is 2. The summed E-state index contributed by atoms with van der Waals surface area (Å²) in [5.74, 6) is -0.490. The van der Waals surface area contributed by atoms with Crippen LogP contribution in [0.5, 0.6) is 11.5 Å². The van der Waals surface area contributed by atoms with Crippen LogP contribution in [0.25, 0.3) is 21.9 Å². The largest absolute Gasteiger partial charge is 0.505 e. The first-order valence-corrected chi connectivity index (χ1v) is 16.6. The maximum absolute atomic E-state index is 12.0. The standard InChI is InChI=1S/C36H28N6O9S/c1-50-35-15-20(21-4-10-32(36(16-21)51-2)42-40-30-12-6-23(44)18-34(30)46)3-9-31(35)41-37-27-13-14-28(38-39-29-11-5-22(43)17-33(29)45)26-19-24(52(47,48)49)7-8-25(26)27/h3-19,38,42,45-46H,1-2H3,(H,47,48,49)/b39-29+,40-30-,41-37?. The van der Waals surface area contributed by atoms with Crippen molar-refractivity contribution >= 4 is 66.6 Å². The lowest BCUT2D eigenvalue weighted by atomic mass is 10.0. The van der Waals surface area contributed by atoms with Gasteiger partial charge in [0.15, 0.2) is 11.6 Å². The second-order valence-corrected chi connectivity index (χ2v) is 12.5. The summed E-state index contributed by atoms with van der Waals surface area (Å²) in [6.07, 6.45) is 7.32. The zero-order valence-corrected chi connectivity index (χ0v) is 28.1. The van der Waals surface area contributed by atoms with E-state index in [1.807, 2.05) is 12.1 Å². The lowest BCUT2D eigenvalue weighted by Gasteiger charge is -2.13. The first kappa shape index (κ1) is 34.9. The van der Waals surface area contributed by atoms with E-state index in [0.29, 0.717) is 45.0 Å². The van der Waals surface area contributed by atoms with E-state index in [4.69, 9.17) is 9.47 Å². The molecule has 0 saturated heterocycles. The molecular weight excluding hydrogens is 692 g/mol. The first-order chi connectivity index (χ1) is 24.9. The molecule has 0 amide bonds. The van der Waals surface area contributed by atoms with Gasteiger partial charge >= 0.3 is 0 Å². The molecule has 0 heterocycles. The fourth-order valence-corrected chi connectivity index (χ4v) is 5.61. The molecule has 4 aromatic rings. The molecule has 262 valence electrons. The zero-order valence-electron chi connectivity index (χ0n) is 27.3. The predicted octanol–water partition coefficient (Wildman–Crippen LogP) is 6.88. The number of ketones is 2. The third-order valence-corrected chi connectivity index (χ3v) is 8.58. The van der Waals surface area contributed by atoms with E-state index in [1.165, 1.54) is 56.7 Å². The second-order valence-electron chi connectivity index (χ2n) is 11.1. The van der Waals surface area contributed by atoms with Crippen LogP contribution in [0.4, 0.5) is 22.7 Å². The molecule has 0 bridgehead atoms. The molecule has 5 N–H and O–H groups in total. The van der Waals surface area contributed by atoms with Crippen LogP contribution in [0, 0.1) is 0 Å². The van der Waals surface area contributed by atoms with Crippen LogP contribution in [-0.4, -0.2) is 60.4 Å². The van der Waals surface area contributed by atoms with Gasteiger partial charge < -0.3 is 19.7 Å². The van der Waals surface area contributed by atoms with Crippen LogP contribution in [0.2, 0.25) is 0 Å². The maximum Gasteiger partial charge on any atom is 0.294 e. The van der Waals surface area contributed by atoms with Crippen molar-refractivity contribution in [3.8, 4) is 22.6 Å². The molecule has 15 nitrogen and oxygen atoms in total. The highest BCUT2D eigenvalue weighted by molar-refractivity contribution is 7.85. The Morgan fingerprint density at radius 3 is 1.75 bits per heavy atom. The van der Waals surface area contributed by atoms with E-state index in [0.717, 1.165) is 23.3 Å². The molecule has 0 aromatic heterocycles. The van der Waals surface area contributed by atoms with Crippen molar-refractivity contribution < 1.29 is 42.2 Å². The zero-order chi connectivity index (χ0) is 37.0. The second kappa shape index (κ2) is 14.5. The molecule has 0 saturated carbocycles. The number of benzene rings is 4. The molecule has 0 aliphatic heterocycles. The van der Waals surface area contributed by atoms with E-state index >= 15 is 0 Å². The Kier molecular flexibility index (Phi) is 9.75. The van der Waals surface area contributed by atoms with Gasteiger partial charge in [-0.2, -0.15) is 18.6 Å². The Morgan fingerprint density at radius 1 is 0.615 bits per heavy atom. The summed E-state index contributed by atoms with van der Waals surface area (Å²) < 4.78 is 44.8. The van der Waals surface area contributed by atoms with Gasteiger partial charge in [-0.1, -0.05) is 18.2 Å². The molecule has 2 aliphatic carbocycles. The Hall–Kier alpha value is -6.91. The molecule has 0 unspecified atom stereocenters. The van der Waals surface area contributed by atoms with Crippen molar-refractivity contribution in [1.29, 1.82) is 0 Å². The Morgan fingerprint density at radius 2 is 1.15 bits per heavy atom. The summed E-state index contributed by atoms with van der Waals surface area (Å²) in [5.41, 5.74) is 8.96. The van der Waals surface area contributed by atoms with Gasteiger partial charge in [0.2, 0.25) is 0 Å². The van der Waals surface area contributed by atoms with Crippen molar-refractivity contribution in [2.24, 2.45) is 20.4 Å². The average Bonchev–Trinajstić information content (AvgIpc) is 3.12. The fraction of sp³-hybridized carbons (Fsp3) is 0.0556. The lowest BCUT2D eigenvalue weighted by molar-refractivity contribution is -0.111. The number of carbonyl (C=O) groups is 2. The normalized spacial score (nSPS) is 16.1. The van der Waals surface area contributed by atoms with Crippen LogP contribution in [0.15, 0.2) is 140 Å². The van der Waals surface area contributed by atoms with E-state index in [-0.39, 0.29) is 33.6 Å². The van der Waals surface area contributed by atoms with Crippen LogP contribution in [0.1, 0.15) is 0 Å². The van der Waals surface area contributed by atoms with Crippen molar-refractivity contribution in [3.05, 3.63) is 115 Å². The third-order valence-electron chi connectivity index (χ3n) is 7.73. The van der Waals surface area contributed by atoms with Gasteiger partial charge in [0, 0.05) is 22.9 Å². The summed E-state index contributed by atoms with van der Waals surface area (Å²) in [6, 6.07) is 17.8. The number of fused-ring (bicyclic) bond motifs is 1. The van der Waals surface area contributed by atoms with Crippen molar-refractivity contribution in [3.63, 3.8) is 0 Å². The minimum absolute atomic E-state index is 0.0736. The molecule has 0 radical (unpaired) electrons. The molecule has 6 rings (SSSR count). The van der Waals surface area contributed by atoms with Gasteiger partial charge in [-0.25, -0.2) is 0 Å². The molecule has 0 spiro atoms. The number of methoxy groups -OCH3 is 2. The van der Waals surface area contributed by atoms with E-state index < -0.39 is 15.9 Å². The number of allylic oxidation sites excluding steroid dienone is 6. The number of aliphatic hydroxyl groups is 2. The quantitative estimate of drug-likeness (QED) is 0.0491. The van der Waals surface area contributed by atoms with Gasteiger partial charge in [-0.3, -0.25) is 25.0 Å². The Labute approximate surface area is 296 Å². The predicted molar refractivity (Wildman–Crippen MR) is 195 cm³/mol. The Bertz CT molecular complexity index is 2480. The fourth-order valence-electron chi connectivity index (χ4n) is 5.10. The minimum atomic E-state index is -4.56. The van der Waals surface area contributed by atoms with Gasteiger partial charge in [-0.05, 0) is 84.0 Å². The number of nitrogens with one attached hydrogen (secondary N) is 2. The summed E-state index contributed by atoms with van der Waals surface area (Å²) in [5, 5.41) is 37.9. The third kappa shape index (κ3) is 7.62. The van der Waals surface area contributed by atoms with Gasteiger partial charge in [0.05, 0.1) is 36.2 Å². The van der Waals surface area contributed by atoms with E-state index in [1.54, 1.807) is 36.4 Å². The summed E-state index contributed by atoms with van der Waals surface area (Å²) in [7, 11) is -1.57. The Balaban J connectivity index is 1.28. The van der Waals surface area contributed by atoms with Crippen LogP contribution in [-0.2, 0) is 19.7 Å². The molecule has 0 fully saturated rings. The number of hydrogen-bond acceptors (Lipinski definition) is 14. The van der Waals surface area contributed by atoms with Crippen LogP contribution < -0.4 is 20.3 Å². The first-order valence-electron chi connectivity index (χ1n) is 15.2. The van der Waals surface area contributed by atoms with Crippen molar-refractivity contribution in [2.45, 2.75) is 4.90 Å². The van der Waals surface area contributed by atoms with Crippen LogP contribution >= 0.6 is 0 Å². The summed E-state index contributed by atoms with van der Waals surface area (Å²) >= 11 is 0. The highest BCUT2D eigenvalue weighted by atomic mass is 32.2. The van der Waals surface area contributed by atoms with Gasteiger partial charge in [-0.15, -0.1) is 10.2 Å². The van der Waals surface area contributed by atoms with Crippen LogP contribution in [0.3, 0.4) is 0 Å². The van der Waals surface area contributed by atoms with E-state index in [9.17, 15) is 32.8 Å². The molecule has 52 heavy (non-hydrogen) atoms. The summed E-state index contributed by atoms with van der Waals surface area (Å²) in [6.45, 7) is 0. The topological polar surface area (TPSA) is 221 Å². The molecule has 4 aromatic carbocycles. The number of carbonyl (C=O) groups excluding carboxylic acids is 2. The van der Waals surface area contributed by atoms with Crippen molar-refractivity contribution in [2.75, 3.05) is 25.1 Å². The minimum Gasteiger partial charge on any atom is -0.505 e. The summed E-state index contributed by atoms with van der Waals surface area (Å²) in [4.78, 5) is 22.6. The highest BCUT2D eigenvalue weighted by Gasteiger charge is 2.16. The molecule has 2 aliphatic rings. The number of hydrogen-bond donors (Lipinski definition) is 5. The SMILES string of the molecule is COc1cc(-c2ccc(N/N=C3/C=CC(=O)C=C3O)c(OC)c2)ccc1N=Nc1ccc(N/N=C2\C=CC(=O)C=C2O)c2cc(S(=O)(=O)O)ccc12. The van der Waals surface area contributed by atoms with E-state index in [2.05, 4.69) is 31.3 Å². The molecular formula is C36H28N6O9S. The number of nitrogens with zero attached hydrogens (tertiary/aromatic N) is 4. The van der Waals surface area contributed by atoms with Crippen molar-refractivity contribution in [1.82, 2.24) is 0 Å². The highest BCUT2D eigenvalue weighted by Crippen LogP contribution is 2.39. The maximum atomic E-state index is 12.0. The number of rotatable bonds is 10. The van der Waals surface area contributed by atoms with Gasteiger partial charge in [0.1, 0.15) is 40.1 Å². The molecule has 0 atom stereocenters. The number of aliphatic hydroxyl groups excluding tert-OH is 2. The smallest absolute Gasteiger partial charge is 0.294 e. The number of hydrazone groups is 2. The number of anilines is 2. The monoisotopic (exact) mass is 720 g/mol. The molecule has 16 heteroatoms. The lowest BCUT2D eigenvalue weighted by Crippen LogP contribution is -2.09. The number of azo groups is 1. The van der Waals surface area contributed by atoms with Gasteiger partial charge in [0.25, 0.3) is 10.1 Å².